The SMILES string of the molecule is O=C(Nc1nnc(-c2ccc(F)cc2)o1)c1ccc(OC(F)(F)F)c(F)c1. The van der Waals surface area contributed by atoms with Gasteiger partial charge in [0.05, 0.1) is 0 Å². The minimum atomic E-state index is -5.06. The van der Waals surface area contributed by atoms with Crippen LogP contribution in [0.3, 0.4) is 0 Å². The molecule has 0 saturated carbocycles. The lowest BCUT2D eigenvalue weighted by Gasteiger charge is -2.10. The van der Waals surface area contributed by atoms with Gasteiger partial charge >= 0.3 is 12.4 Å². The first kappa shape index (κ1) is 18.3. The average Bonchev–Trinajstić information content (AvgIpc) is 3.04. The number of ether oxygens (including phenoxy) is 1. The van der Waals surface area contributed by atoms with Crippen molar-refractivity contribution in [1.82, 2.24) is 10.2 Å². The number of hydrogen-bond donors (Lipinski definition) is 1. The number of hydrogen-bond acceptors (Lipinski definition) is 5. The summed E-state index contributed by atoms with van der Waals surface area (Å²) in [6.07, 6.45) is -5.06. The third kappa shape index (κ3) is 4.57. The van der Waals surface area contributed by atoms with Crippen LogP contribution in [0.25, 0.3) is 11.5 Å². The van der Waals surface area contributed by atoms with Crippen molar-refractivity contribution in [2.45, 2.75) is 6.36 Å². The standard InChI is InChI=1S/C16H8F5N3O3/c17-10-4-1-8(2-5-10)14-23-24-15(26-14)22-13(25)9-3-6-12(11(18)7-9)27-16(19,20)21/h1-7H,(H,22,24,25). The van der Waals surface area contributed by atoms with E-state index in [1.807, 2.05) is 0 Å². The Kier molecular flexibility index (Phi) is 4.75. The molecule has 3 rings (SSSR count). The highest BCUT2D eigenvalue weighted by Crippen LogP contribution is 2.26. The fourth-order valence-corrected chi connectivity index (χ4v) is 2.00. The van der Waals surface area contributed by atoms with E-state index in [-0.39, 0.29) is 17.5 Å². The van der Waals surface area contributed by atoms with Gasteiger partial charge in [0.15, 0.2) is 11.6 Å². The lowest BCUT2D eigenvalue weighted by Crippen LogP contribution is -2.18. The summed E-state index contributed by atoms with van der Waals surface area (Å²) in [5, 5.41) is 9.39. The summed E-state index contributed by atoms with van der Waals surface area (Å²) in [6.45, 7) is 0. The van der Waals surface area contributed by atoms with Crippen LogP contribution in [0.4, 0.5) is 28.0 Å². The van der Waals surface area contributed by atoms with E-state index in [1.54, 1.807) is 0 Å². The number of nitrogens with one attached hydrogen (secondary N) is 1. The van der Waals surface area contributed by atoms with E-state index in [1.165, 1.54) is 24.3 Å². The third-order valence-corrected chi connectivity index (χ3v) is 3.16. The number of aromatic nitrogens is 2. The number of benzene rings is 2. The Balaban J connectivity index is 1.72. The predicted molar refractivity (Wildman–Crippen MR) is 80.7 cm³/mol. The van der Waals surface area contributed by atoms with E-state index in [2.05, 4.69) is 20.3 Å². The molecule has 1 aromatic heterocycles. The number of anilines is 1. The molecule has 3 aromatic rings. The summed E-state index contributed by atoms with van der Waals surface area (Å²) in [6, 6.07) is 6.91. The molecule has 1 heterocycles. The zero-order chi connectivity index (χ0) is 19.6. The van der Waals surface area contributed by atoms with E-state index in [4.69, 9.17) is 4.42 Å². The van der Waals surface area contributed by atoms with Crippen molar-refractivity contribution in [1.29, 1.82) is 0 Å². The number of rotatable bonds is 4. The highest BCUT2D eigenvalue weighted by molar-refractivity contribution is 6.03. The Labute approximate surface area is 147 Å². The zero-order valence-electron chi connectivity index (χ0n) is 13.1. The van der Waals surface area contributed by atoms with E-state index in [0.717, 1.165) is 6.07 Å². The van der Waals surface area contributed by atoms with Gasteiger partial charge in [-0.2, -0.15) is 0 Å². The van der Waals surface area contributed by atoms with Crippen molar-refractivity contribution >= 4 is 11.9 Å². The molecule has 2 aromatic carbocycles. The molecule has 140 valence electrons. The summed E-state index contributed by atoms with van der Waals surface area (Å²) in [7, 11) is 0. The van der Waals surface area contributed by atoms with Crippen LogP contribution in [0.1, 0.15) is 10.4 Å². The van der Waals surface area contributed by atoms with Crippen LogP contribution in [0, 0.1) is 11.6 Å². The Morgan fingerprint density at radius 1 is 1.04 bits per heavy atom. The van der Waals surface area contributed by atoms with E-state index in [9.17, 15) is 26.7 Å². The highest BCUT2D eigenvalue weighted by Gasteiger charge is 2.32. The number of amides is 1. The monoisotopic (exact) mass is 385 g/mol. The maximum atomic E-state index is 13.7. The first-order chi connectivity index (χ1) is 12.7. The minimum absolute atomic E-state index is 0.00888. The highest BCUT2D eigenvalue weighted by atomic mass is 19.4. The summed E-state index contributed by atoms with van der Waals surface area (Å²) in [4.78, 5) is 12.0. The Morgan fingerprint density at radius 2 is 1.74 bits per heavy atom. The van der Waals surface area contributed by atoms with Crippen LogP contribution in [-0.4, -0.2) is 22.5 Å². The largest absolute Gasteiger partial charge is 0.573 e. The second-order valence-electron chi connectivity index (χ2n) is 5.07. The molecule has 0 aliphatic carbocycles. The van der Waals surface area contributed by atoms with E-state index in [0.29, 0.717) is 17.7 Å². The first-order valence-corrected chi connectivity index (χ1v) is 7.17. The van der Waals surface area contributed by atoms with Gasteiger partial charge in [0.1, 0.15) is 5.82 Å². The molecule has 1 N–H and O–H groups in total. The third-order valence-electron chi connectivity index (χ3n) is 3.16. The number of carbonyl (C=O) groups is 1. The van der Waals surface area contributed by atoms with Crippen molar-refractivity contribution in [2.75, 3.05) is 5.32 Å². The maximum Gasteiger partial charge on any atom is 0.573 e. The van der Waals surface area contributed by atoms with Gasteiger partial charge in [0.25, 0.3) is 5.91 Å². The van der Waals surface area contributed by atoms with Crippen LogP contribution >= 0.6 is 0 Å². The molecule has 27 heavy (non-hydrogen) atoms. The molecular formula is C16H8F5N3O3. The summed E-state index contributed by atoms with van der Waals surface area (Å²) < 4.78 is 71.5. The Bertz CT molecular complexity index is 970. The number of alkyl halides is 3. The first-order valence-electron chi connectivity index (χ1n) is 7.17. The topological polar surface area (TPSA) is 77.3 Å². The molecule has 0 unspecified atom stereocenters. The van der Waals surface area contributed by atoms with Gasteiger partial charge in [-0.3, -0.25) is 10.1 Å². The molecule has 0 radical (unpaired) electrons. The number of halogens is 5. The molecule has 0 aliphatic rings. The van der Waals surface area contributed by atoms with Gasteiger partial charge in [-0.1, -0.05) is 5.10 Å². The van der Waals surface area contributed by atoms with Crippen molar-refractivity contribution < 1.29 is 35.9 Å². The molecule has 0 fully saturated rings. The van der Waals surface area contributed by atoms with E-state index < -0.39 is 29.7 Å². The van der Waals surface area contributed by atoms with Crippen molar-refractivity contribution in [3.63, 3.8) is 0 Å². The fourth-order valence-electron chi connectivity index (χ4n) is 2.00. The molecule has 11 heteroatoms. The lowest BCUT2D eigenvalue weighted by atomic mass is 10.2. The molecule has 0 spiro atoms. The smallest absolute Gasteiger partial charge is 0.403 e. The number of nitrogens with zero attached hydrogens (tertiary/aromatic N) is 2. The zero-order valence-corrected chi connectivity index (χ0v) is 13.1. The van der Waals surface area contributed by atoms with Crippen LogP contribution in [0.5, 0.6) is 5.75 Å². The van der Waals surface area contributed by atoms with E-state index >= 15 is 0 Å². The van der Waals surface area contributed by atoms with Crippen molar-refractivity contribution in [3.8, 4) is 17.2 Å². The maximum absolute atomic E-state index is 13.7. The molecule has 0 saturated heterocycles. The molecule has 1 amide bonds. The minimum Gasteiger partial charge on any atom is -0.403 e. The predicted octanol–water partition coefficient (Wildman–Crippen LogP) is 4.17. The van der Waals surface area contributed by atoms with Crippen molar-refractivity contribution in [3.05, 3.63) is 59.7 Å². The lowest BCUT2D eigenvalue weighted by molar-refractivity contribution is -0.275. The van der Waals surface area contributed by atoms with Crippen LogP contribution < -0.4 is 10.1 Å². The molecule has 0 atom stereocenters. The van der Waals surface area contributed by atoms with Gasteiger partial charge in [-0.25, -0.2) is 8.78 Å². The molecule has 6 nitrogen and oxygen atoms in total. The van der Waals surface area contributed by atoms with Gasteiger partial charge in [0, 0.05) is 11.1 Å². The van der Waals surface area contributed by atoms with Crippen LogP contribution in [-0.2, 0) is 0 Å². The summed E-state index contributed by atoms with van der Waals surface area (Å²) in [5.41, 5.74) is 0.0904. The Hall–Kier alpha value is -3.50. The second kappa shape index (κ2) is 7.02. The van der Waals surface area contributed by atoms with Gasteiger partial charge < -0.3 is 9.15 Å². The molecule has 0 aliphatic heterocycles. The van der Waals surface area contributed by atoms with Crippen molar-refractivity contribution in [2.24, 2.45) is 0 Å². The second-order valence-corrected chi connectivity index (χ2v) is 5.07. The van der Waals surface area contributed by atoms with Crippen LogP contribution in [0.2, 0.25) is 0 Å². The molecule has 0 bridgehead atoms. The van der Waals surface area contributed by atoms with Gasteiger partial charge in [0.2, 0.25) is 5.89 Å². The fraction of sp³-hybridized carbons (Fsp3) is 0.0625. The van der Waals surface area contributed by atoms with Gasteiger partial charge in [-0.05, 0) is 42.5 Å². The number of carbonyl (C=O) groups excluding carboxylic acids is 1. The quantitative estimate of drug-likeness (QED) is 0.683. The molecular weight excluding hydrogens is 377 g/mol. The van der Waals surface area contributed by atoms with Crippen LogP contribution in [0.15, 0.2) is 46.9 Å². The average molecular weight is 385 g/mol. The Morgan fingerprint density at radius 3 is 2.37 bits per heavy atom. The normalized spacial score (nSPS) is 11.3. The summed E-state index contributed by atoms with van der Waals surface area (Å²) >= 11 is 0. The summed E-state index contributed by atoms with van der Waals surface area (Å²) in [5.74, 6) is -3.83. The van der Waals surface area contributed by atoms with Gasteiger partial charge in [-0.15, -0.1) is 18.3 Å².